The first kappa shape index (κ1) is 13.4. The molecule has 0 atom stereocenters. The van der Waals surface area contributed by atoms with Gasteiger partial charge in [-0.2, -0.15) is 0 Å². The highest BCUT2D eigenvalue weighted by Crippen LogP contribution is 2.35. The SMILES string of the molecule is COc1cc(F)cc(-c2cc3c(c(C(=O)O)c2)OCC3)c1. The first-order valence-electron chi connectivity index (χ1n) is 6.46. The van der Waals surface area contributed by atoms with Gasteiger partial charge < -0.3 is 14.6 Å². The Morgan fingerprint density at radius 3 is 2.71 bits per heavy atom. The number of benzene rings is 2. The summed E-state index contributed by atoms with van der Waals surface area (Å²) in [5.41, 5.74) is 2.13. The highest BCUT2D eigenvalue weighted by molar-refractivity contribution is 5.93. The summed E-state index contributed by atoms with van der Waals surface area (Å²) in [7, 11) is 1.46. The molecule has 0 aliphatic carbocycles. The fourth-order valence-corrected chi connectivity index (χ4v) is 2.48. The summed E-state index contributed by atoms with van der Waals surface area (Å²) in [5, 5.41) is 9.30. The van der Waals surface area contributed by atoms with Crippen molar-refractivity contribution < 1.29 is 23.8 Å². The molecule has 1 aliphatic rings. The third kappa shape index (κ3) is 2.42. The van der Waals surface area contributed by atoms with E-state index in [9.17, 15) is 14.3 Å². The van der Waals surface area contributed by atoms with Crippen molar-refractivity contribution >= 4 is 5.97 Å². The summed E-state index contributed by atoms with van der Waals surface area (Å²) in [6.45, 7) is 0.464. The number of carbonyl (C=O) groups is 1. The molecule has 2 aromatic carbocycles. The van der Waals surface area contributed by atoms with Gasteiger partial charge in [0.25, 0.3) is 0 Å². The van der Waals surface area contributed by atoms with E-state index in [4.69, 9.17) is 9.47 Å². The maximum absolute atomic E-state index is 13.6. The number of rotatable bonds is 3. The van der Waals surface area contributed by atoms with Gasteiger partial charge >= 0.3 is 5.97 Å². The lowest BCUT2D eigenvalue weighted by Gasteiger charge is -2.10. The van der Waals surface area contributed by atoms with Crippen LogP contribution in [0.5, 0.6) is 11.5 Å². The Labute approximate surface area is 120 Å². The van der Waals surface area contributed by atoms with Gasteiger partial charge in [-0.15, -0.1) is 0 Å². The molecule has 0 saturated carbocycles. The predicted molar refractivity (Wildman–Crippen MR) is 74.5 cm³/mol. The Kier molecular flexibility index (Phi) is 3.25. The average Bonchev–Trinajstić information content (AvgIpc) is 2.93. The molecule has 1 N–H and O–H groups in total. The minimum atomic E-state index is -1.06. The number of hydrogen-bond donors (Lipinski definition) is 1. The van der Waals surface area contributed by atoms with E-state index in [1.54, 1.807) is 6.07 Å². The van der Waals surface area contributed by atoms with Crippen LogP contribution in [0.2, 0.25) is 0 Å². The molecule has 0 amide bonds. The Balaban J connectivity index is 2.17. The van der Waals surface area contributed by atoms with Gasteiger partial charge in [0.15, 0.2) is 0 Å². The summed E-state index contributed by atoms with van der Waals surface area (Å²) in [4.78, 5) is 11.4. The number of ether oxygens (including phenoxy) is 2. The molecule has 0 fully saturated rings. The van der Waals surface area contributed by atoms with Crippen LogP contribution >= 0.6 is 0 Å². The molecule has 1 aliphatic heterocycles. The van der Waals surface area contributed by atoms with Gasteiger partial charge in [-0.3, -0.25) is 0 Å². The van der Waals surface area contributed by atoms with Crippen molar-refractivity contribution in [2.24, 2.45) is 0 Å². The smallest absolute Gasteiger partial charge is 0.339 e. The zero-order valence-corrected chi connectivity index (χ0v) is 11.4. The van der Waals surface area contributed by atoms with Crippen molar-refractivity contribution in [3.63, 3.8) is 0 Å². The number of hydrogen-bond acceptors (Lipinski definition) is 3. The third-order valence-corrected chi connectivity index (χ3v) is 3.45. The Hall–Kier alpha value is -2.56. The molecule has 0 spiro atoms. The molecule has 1 heterocycles. The first-order valence-corrected chi connectivity index (χ1v) is 6.46. The second-order valence-corrected chi connectivity index (χ2v) is 4.80. The molecule has 0 saturated heterocycles. The quantitative estimate of drug-likeness (QED) is 0.942. The van der Waals surface area contributed by atoms with Crippen LogP contribution in [0.4, 0.5) is 4.39 Å². The lowest BCUT2D eigenvalue weighted by atomic mass is 9.98. The van der Waals surface area contributed by atoms with Crippen LogP contribution in [0.3, 0.4) is 0 Å². The van der Waals surface area contributed by atoms with E-state index in [2.05, 4.69) is 0 Å². The zero-order valence-electron chi connectivity index (χ0n) is 11.4. The average molecular weight is 288 g/mol. The minimum absolute atomic E-state index is 0.100. The summed E-state index contributed by atoms with van der Waals surface area (Å²) >= 11 is 0. The van der Waals surface area contributed by atoms with Gasteiger partial charge in [-0.25, -0.2) is 9.18 Å². The van der Waals surface area contributed by atoms with Crippen LogP contribution in [-0.2, 0) is 6.42 Å². The molecule has 2 aromatic rings. The highest BCUT2D eigenvalue weighted by Gasteiger charge is 2.22. The Morgan fingerprint density at radius 2 is 2.00 bits per heavy atom. The highest BCUT2D eigenvalue weighted by atomic mass is 19.1. The van der Waals surface area contributed by atoms with Gasteiger partial charge in [0.2, 0.25) is 0 Å². The Bertz CT molecular complexity index is 724. The van der Waals surface area contributed by atoms with E-state index < -0.39 is 11.8 Å². The van der Waals surface area contributed by atoms with Crippen LogP contribution in [-0.4, -0.2) is 24.8 Å². The molecule has 21 heavy (non-hydrogen) atoms. The Morgan fingerprint density at radius 1 is 1.24 bits per heavy atom. The van der Waals surface area contributed by atoms with Crippen molar-refractivity contribution in [1.29, 1.82) is 0 Å². The van der Waals surface area contributed by atoms with Crippen molar-refractivity contribution in [3.05, 3.63) is 47.3 Å². The number of aromatic carboxylic acids is 1. The second kappa shape index (κ2) is 5.09. The number of carboxylic acids is 1. The standard InChI is InChI=1S/C16H13FO4/c1-20-13-6-11(5-12(17)8-13)10-4-9-2-3-21-15(9)14(7-10)16(18)19/h4-8H,2-3H2,1H3,(H,18,19). The topological polar surface area (TPSA) is 55.8 Å². The lowest BCUT2D eigenvalue weighted by molar-refractivity contribution is 0.0693. The zero-order chi connectivity index (χ0) is 15.0. The minimum Gasteiger partial charge on any atom is -0.497 e. The largest absolute Gasteiger partial charge is 0.497 e. The molecule has 4 nitrogen and oxygen atoms in total. The first-order chi connectivity index (χ1) is 10.1. The predicted octanol–water partition coefficient (Wildman–Crippen LogP) is 3.13. The molecular weight excluding hydrogens is 275 g/mol. The number of methoxy groups -OCH3 is 1. The van der Waals surface area contributed by atoms with Crippen LogP contribution in [0, 0.1) is 5.82 Å². The van der Waals surface area contributed by atoms with E-state index >= 15 is 0 Å². The maximum atomic E-state index is 13.6. The van der Waals surface area contributed by atoms with Gasteiger partial charge in [0, 0.05) is 12.5 Å². The van der Waals surface area contributed by atoms with Gasteiger partial charge in [0.05, 0.1) is 13.7 Å². The number of carboxylic acid groups (broad SMARTS) is 1. The molecule has 0 radical (unpaired) electrons. The van der Waals surface area contributed by atoms with E-state index in [1.165, 1.54) is 25.3 Å². The van der Waals surface area contributed by atoms with E-state index in [0.717, 1.165) is 5.56 Å². The van der Waals surface area contributed by atoms with Crippen LogP contribution in [0.25, 0.3) is 11.1 Å². The monoisotopic (exact) mass is 288 g/mol. The lowest BCUT2D eigenvalue weighted by Crippen LogP contribution is -2.00. The molecule has 0 bridgehead atoms. The van der Waals surface area contributed by atoms with Crippen molar-refractivity contribution in [2.75, 3.05) is 13.7 Å². The van der Waals surface area contributed by atoms with E-state index in [0.29, 0.717) is 35.7 Å². The third-order valence-electron chi connectivity index (χ3n) is 3.45. The van der Waals surface area contributed by atoms with Crippen LogP contribution < -0.4 is 9.47 Å². The van der Waals surface area contributed by atoms with Gasteiger partial charge in [0.1, 0.15) is 22.9 Å². The van der Waals surface area contributed by atoms with Gasteiger partial charge in [-0.05, 0) is 41.0 Å². The molecule has 0 aromatic heterocycles. The summed E-state index contributed by atoms with van der Waals surface area (Å²) < 4.78 is 24.0. The maximum Gasteiger partial charge on any atom is 0.339 e. The van der Waals surface area contributed by atoms with Gasteiger partial charge in [-0.1, -0.05) is 0 Å². The molecule has 108 valence electrons. The molecule has 3 rings (SSSR count). The van der Waals surface area contributed by atoms with Crippen molar-refractivity contribution in [1.82, 2.24) is 0 Å². The van der Waals surface area contributed by atoms with Crippen LogP contribution in [0.1, 0.15) is 15.9 Å². The van der Waals surface area contributed by atoms with Crippen LogP contribution in [0.15, 0.2) is 30.3 Å². The summed E-state index contributed by atoms with van der Waals surface area (Å²) in [6, 6.07) is 7.64. The molecule has 5 heteroatoms. The fourth-order valence-electron chi connectivity index (χ4n) is 2.48. The second-order valence-electron chi connectivity index (χ2n) is 4.80. The fraction of sp³-hybridized carbons (Fsp3) is 0.188. The van der Waals surface area contributed by atoms with E-state index in [-0.39, 0.29) is 5.56 Å². The normalized spacial score (nSPS) is 12.7. The molecule has 0 unspecified atom stereocenters. The number of fused-ring (bicyclic) bond motifs is 1. The van der Waals surface area contributed by atoms with Crippen molar-refractivity contribution in [3.8, 4) is 22.6 Å². The molecular formula is C16H13FO4. The van der Waals surface area contributed by atoms with Crippen molar-refractivity contribution in [2.45, 2.75) is 6.42 Å². The van der Waals surface area contributed by atoms with E-state index in [1.807, 2.05) is 6.07 Å². The number of halogens is 1. The summed E-state index contributed by atoms with van der Waals surface area (Å²) in [5.74, 6) is -0.690. The summed E-state index contributed by atoms with van der Waals surface area (Å²) in [6.07, 6.45) is 0.649.